The van der Waals surface area contributed by atoms with Gasteiger partial charge in [-0.15, -0.1) is 5.10 Å². The smallest absolute Gasteiger partial charge is 0.258 e. The number of hydrogen-bond donors (Lipinski definition) is 1. The van der Waals surface area contributed by atoms with Crippen LogP contribution < -0.4 is 5.32 Å². The van der Waals surface area contributed by atoms with E-state index in [1.807, 2.05) is 49.4 Å². The maximum absolute atomic E-state index is 14.2. The number of hydrogen-bond acceptors (Lipinski definition) is 4. The van der Waals surface area contributed by atoms with Gasteiger partial charge in [-0.25, -0.2) is 9.37 Å². The van der Waals surface area contributed by atoms with Crippen molar-refractivity contribution in [1.29, 1.82) is 0 Å². The van der Waals surface area contributed by atoms with Crippen molar-refractivity contribution in [2.75, 3.05) is 5.32 Å². The summed E-state index contributed by atoms with van der Waals surface area (Å²) in [5.74, 6) is -0.596. The summed E-state index contributed by atoms with van der Waals surface area (Å²) in [5.41, 5.74) is 2.05. The van der Waals surface area contributed by atoms with Crippen LogP contribution in [0.4, 0.5) is 10.3 Å². The van der Waals surface area contributed by atoms with Crippen molar-refractivity contribution in [1.82, 2.24) is 19.7 Å². The van der Waals surface area contributed by atoms with Crippen molar-refractivity contribution >= 4 is 11.9 Å². The Morgan fingerprint density at radius 1 is 1.00 bits per heavy atom. The molecular formula is C21H16FN5O. The van der Waals surface area contributed by atoms with Crippen LogP contribution in [0.1, 0.15) is 15.9 Å². The van der Waals surface area contributed by atoms with E-state index in [9.17, 15) is 9.18 Å². The molecule has 0 unspecified atom stereocenters. The Labute approximate surface area is 160 Å². The van der Waals surface area contributed by atoms with Crippen molar-refractivity contribution in [3.63, 3.8) is 0 Å². The van der Waals surface area contributed by atoms with Crippen molar-refractivity contribution in [2.45, 2.75) is 6.92 Å². The number of pyridine rings is 1. The number of aromatic nitrogens is 4. The second-order valence-electron chi connectivity index (χ2n) is 6.11. The summed E-state index contributed by atoms with van der Waals surface area (Å²) in [7, 11) is 0. The molecule has 2 heterocycles. The van der Waals surface area contributed by atoms with E-state index in [0.717, 1.165) is 5.56 Å². The molecule has 0 saturated heterocycles. The Bertz CT molecular complexity index is 1140. The Kier molecular flexibility index (Phi) is 4.63. The Balaban J connectivity index is 1.78. The molecule has 28 heavy (non-hydrogen) atoms. The highest BCUT2D eigenvalue weighted by molar-refractivity contribution is 6.04. The Morgan fingerprint density at radius 3 is 2.50 bits per heavy atom. The molecule has 0 fully saturated rings. The zero-order valence-corrected chi connectivity index (χ0v) is 15.0. The number of aryl methyl sites for hydroxylation is 1. The second kappa shape index (κ2) is 7.40. The monoisotopic (exact) mass is 373 g/mol. The van der Waals surface area contributed by atoms with Gasteiger partial charge in [0.15, 0.2) is 5.82 Å². The van der Waals surface area contributed by atoms with Gasteiger partial charge in [0.1, 0.15) is 5.69 Å². The number of nitrogens with one attached hydrogen (secondary N) is 1. The van der Waals surface area contributed by atoms with Crippen molar-refractivity contribution < 1.29 is 9.18 Å². The number of carbonyl (C=O) groups is 1. The Morgan fingerprint density at radius 2 is 1.75 bits per heavy atom. The molecule has 0 aliphatic carbocycles. The average Bonchev–Trinajstić information content (AvgIpc) is 3.12. The first-order chi connectivity index (χ1) is 13.6. The number of para-hydroxylation sites is 1. The van der Waals surface area contributed by atoms with Gasteiger partial charge in [-0.3, -0.25) is 10.1 Å². The van der Waals surface area contributed by atoms with Gasteiger partial charge in [0.2, 0.25) is 11.8 Å². The molecule has 6 nitrogen and oxygen atoms in total. The summed E-state index contributed by atoms with van der Waals surface area (Å²) >= 11 is 0. The molecule has 4 aromatic rings. The highest BCUT2D eigenvalue weighted by atomic mass is 19.1. The summed E-state index contributed by atoms with van der Waals surface area (Å²) < 4.78 is 15.6. The molecule has 1 N–H and O–H groups in total. The lowest BCUT2D eigenvalue weighted by atomic mass is 10.1. The number of benzene rings is 2. The standard InChI is InChI=1S/C21H16FN5O/c1-14-8-5-6-11-16(14)20(28)25-21-24-19(18-17(22)12-7-13-23-18)26-27(21)15-9-3-2-4-10-15/h2-13H,1H3,(H,24,25,26,28). The Hall–Kier alpha value is -3.87. The van der Waals surface area contributed by atoms with E-state index in [1.54, 1.807) is 12.1 Å². The molecular weight excluding hydrogens is 357 g/mol. The largest absolute Gasteiger partial charge is 0.290 e. The van der Waals surface area contributed by atoms with E-state index in [-0.39, 0.29) is 23.4 Å². The third-order valence-electron chi connectivity index (χ3n) is 4.19. The number of carbonyl (C=O) groups excluding carboxylic acids is 1. The number of nitrogens with zero attached hydrogens (tertiary/aromatic N) is 4. The molecule has 2 aromatic heterocycles. The number of amides is 1. The van der Waals surface area contributed by atoms with Gasteiger partial charge in [-0.1, -0.05) is 36.4 Å². The van der Waals surface area contributed by atoms with Gasteiger partial charge in [0, 0.05) is 11.8 Å². The van der Waals surface area contributed by atoms with Crippen LogP contribution in [0, 0.1) is 12.7 Å². The molecule has 0 saturated carbocycles. The number of halogens is 1. The van der Waals surface area contributed by atoms with Crippen LogP contribution in [0.5, 0.6) is 0 Å². The quantitative estimate of drug-likeness (QED) is 0.586. The molecule has 1 amide bonds. The maximum atomic E-state index is 14.2. The lowest BCUT2D eigenvalue weighted by Gasteiger charge is -2.08. The van der Waals surface area contributed by atoms with Crippen LogP contribution in [-0.2, 0) is 0 Å². The molecule has 0 aliphatic heterocycles. The van der Waals surface area contributed by atoms with Crippen LogP contribution in [0.3, 0.4) is 0 Å². The van der Waals surface area contributed by atoms with Crippen molar-refractivity contribution in [3.05, 3.63) is 89.9 Å². The van der Waals surface area contributed by atoms with E-state index in [2.05, 4.69) is 20.4 Å². The molecule has 138 valence electrons. The van der Waals surface area contributed by atoms with Crippen LogP contribution in [0.25, 0.3) is 17.2 Å². The summed E-state index contributed by atoms with van der Waals surface area (Å²) in [6.45, 7) is 1.85. The SMILES string of the molecule is Cc1ccccc1C(=O)Nc1nc(-c2ncccc2F)nn1-c1ccccc1. The fourth-order valence-corrected chi connectivity index (χ4v) is 2.79. The topological polar surface area (TPSA) is 72.7 Å². The van der Waals surface area contributed by atoms with Gasteiger partial charge in [0.25, 0.3) is 5.91 Å². The molecule has 0 spiro atoms. The normalized spacial score (nSPS) is 10.6. The summed E-state index contributed by atoms with van der Waals surface area (Å²) in [4.78, 5) is 21.1. The first-order valence-electron chi connectivity index (χ1n) is 8.64. The van der Waals surface area contributed by atoms with Gasteiger partial charge in [0.05, 0.1) is 5.69 Å². The predicted molar refractivity (Wildman–Crippen MR) is 104 cm³/mol. The third-order valence-corrected chi connectivity index (χ3v) is 4.19. The summed E-state index contributed by atoms with van der Waals surface area (Å²) in [5, 5.41) is 7.14. The fraction of sp³-hybridized carbons (Fsp3) is 0.0476. The van der Waals surface area contributed by atoms with Crippen LogP contribution in [-0.4, -0.2) is 25.7 Å². The third kappa shape index (κ3) is 3.37. The highest BCUT2D eigenvalue weighted by Crippen LogP contribution is 2.22. The second-order valence-corrected chi connectivity index (χ2v) is 6.11. The predicted octanol–water partition coefficient (Wildman–Crippen LogP) is 4.03. The molecule has 7 heteroatoms. The number of anilines is 1. The molecule has 0 radical (unpaired) electrons. The van der Waals surface area contributed by atoms with E-state index < -0.39 is 5.82 Å². The zero-order chi connectivity index (χ0) is 19.5. The molecule has 2 aromatic carbocycles. The fourth-order valence-electron chi connectivity index (χ4n) is 2.79. The zero-order valence-electron chi connectivity index (χ0n) is 15.0. The summed E-state index contributed by atoms with van der Waals surface area (Å²) in [6, 6.07) is 19.2. The lowest BCUT2D eigenvalue weighted by Crippen LogP contribution is -2.16. The summed E-state index contributed by atoms with van der Waals surface area (Å²) in [6.07, 6.45) is 1.47. The minimum absolute atomic E-state index is 0.0172. The number of rotatable bonds is 4. The van der Waals surface area contributed by atoms with Gasteiger partial charge >= 0.3 is 0 Å². The lowest BCUT2D eigenvalue weighted by molar-refractivity contribution is 0.102. The van der Waals surface area contributed by atoms with Gasteiger partial charge in [-0.2, -0.15) is 9.67 Å². The van der Waals surface area contributed by atoms with Gasteiger partial charge in [-0.05, 0) is 42.8 Å². The highest BCUT2D eigenvalue weighted by Gasteiger charge is 2.19. The average molecular weight is 373 g/mol. The van der Waals surface area contributed by atoms with Crippen LogP contribution >= 0.6 is 0 Å². The van der Waals surface area contributed by atoms with Crippen LogP contribution in [0.15, 0.2) is 72.9 Å². The van der Waals surface area contributed by atoms with Crippen LogP contribution in [0.2, 0.25) is 0 Å². The van der Waals surface area contributed by atoms with Crippen molar-refractivity contribution in [2.24, 2.45) is 0 Å². The first kappa shape index (κ1) is 17.5. The maximum Gasteiger partial charge on any atom is 0.258 e. The van der Waals surface area contributed by atoms with E-state index in [4.69, 9.17) is 0 Å². The molecule has 0 atom stereocenters. The minimum atomic E-state index is -0.538. The van der Waals surface area contributed by atoms with E-state index >= 15 is 0 Å². The van der Waals surface area contributed by atoms with Gasteiger partial charge < -0.3 is 0 Å². The first-order valence-corrected chi connectivity index (χ1v) is 8.64. The minimum Gasteiger partial charge on any atom is -0.290 e. The van der Waals surface area contributed by atoms with E-state index in [1.165, 1.54) is 23.0 Å². The molecule has 0 aliphatic rings. The van der Waals surface area contributed by atoms with E-state index in [0.29, 0.717) is 11.3 Å². The molecule has 0 bridgehead atoms. The van der Waals surface area contributed by atoms with Crippen molar-refractivity contribution in [3.8, 4) is 17.2 Å². The molecule has 4 rings (SSSR count).